The van der Waals surface area contributed by atoms with Gasteiger partial charge in [0.05, 0.1) is 22.5 Å². The van der Waals surface area contributed by atoms with Gasteiger partial charge in [-0.3, -0.25) is 4.79 Å². The van der Waals surface area contributed by atoms with Gasteiger partial charge in [-0.25, -0.2) is 4.68 Å². The van der Waals surface area contributed by atoms with Crippen molar-refractivity contribution in [3.8, 4) is 5.69 Å². The number of nitrogens with zero attached hydrogens (tertiary/aromatic N) is 3. The first-order chi connectivity index (χ1) is 11.1. The van der Waals surface area contributed by atoms with Crippen LogP contribution in [0.5, 0.6) is 0 Å². The largest absolute Gasteiger partial charge is 0.391 e. The number of carbonyl (C=O) groups is 1. The Morgan fingerprint density at radius 1 is 1.48 bits per heavy atom. The number of nitrogens with one attached hydrogen (secondary N) is 2. The molecule has 1 aromatic carbocycles. The first-order valence-corrected chi connectivity index (χ1v) is 7.80. The molecule has 3 N–H and O–H groups in total. The fraction of sp³-hybridized carbons (Fsp3) is 0.400. The second kappa shape index (κ2) is 6.66. The number of para-hydroxylation sites is 1. The highest BCUT2D eigenvalue weighted by molar-refractivity contribution is 6.32. The quantitative estimate of drug-likeness (QED) is 0.758. The minimum Gasteiger partial charge on any atom is -0.391 e. The second-order valence-corrected chi connectivity index (χ2v) is 5.99. The van der Waals surface area contributed by atoms with Gasteiger partial charge in [0.1, 0.15) is 0 Å². The van der Waals surface area contributed by atoms with Crippen molar-refractivity contribution in [2.75, 3.05) is 19.6 Å². The first kappa shape index (κ1) is 15.9. The lowest BCUT2D eigenvalue weighted by Gasteiger charge is -2.13. The van der Waals surface area contributed by atoms with E-state index in [2.05, 4.69) is 20.9 Å². The number of amides is 1. The molecule has 1 aromatic heterocycles. The van der Waals surface area contributed by atoms with Gasteiger partial charge in [-0.2, -0.15) is 0 Å². The van der Waals surface area contributed by atoms with E-state index in [0.29, 0.717) is 36.0 Å². The maximum absolute atomic E-state index is 12.3. The number of aliphatic hydroxyl groups is 1. The second-order valence-electron chi connectivity index (χ2n) is 5.58. The highest BCUT2D eigenvalue weighted by Gasteiger charge is 2.26. The number of β-amino-alcohol motifs (C(OH)–C–C–N with tert-alkyl or cyclic N) is 1. The van der Waals surface area contributed by atoms with Crippen LogP contribution in [0.1, 0.15) is 16.2 Å². The van der Waals surface area contributed by atoms with Crippen LogP contribution in [0.3, 0.4) is 0 Å². The summed E-state index contributed by atoms with van der Waals surface area (Å²) >= 11 is 6.16. The van der Waals surface area contributed by atoms with Crippen LogP contribution < -0.4 is 10.6 Å². The van der Waals surface area contributed by atoms with Crippen molar-refractivity contribution in [2.45, 2.75) is 13.0 Å². The predicted molar refractivity (Wildman–Crippen MR) is 85.8 cm³/mol. The van der Waals surface area contributed by atoms with Crippen LogP contribution in [-0.2, 0) is 0 Å². The van der Waals surface area contributed by atoms with Crippen LogP contribution in [0.25, 0.3) is 5.69 Å². The van der Waals surface area contributed by atoms with E-state index in [1.165, 1.54) is 0 Å². The molecule has 3 rings (SSSR count). The number of hydrogen-bond acceptors (Lipinski definition) is 5. The zero-order valence-electron chi connectivity index (χ0n) is 12.7. The lowest BCUT2D eigenvalue weighted by atomic mass is 10.1. The molecule has 1 fully saturated rings. The zero-order chi connectivity index (χ0) is 16.4. The summed E-state index contributed by atoms with van der Waals surface area (Å²) in [4.78, 5) is 12.3. The summed E-state index contributed by atoms with van der Waals surface area (Å²) in [6.07, 6.45) is -0.435. The smallest absolute Gasteiger partial charge is 0.273 e. The Kier molecular flexibility index (Phi) is 4.61. The Morgan fingerprint density at radius 3 is 2.96 bits per heavy atom. The molecular formula is C15H18ClN5O2. The van der Waals surface area contributed by atoms with Crippen molar-refractivity contribution in [1.82, 2.24) is 25.6 Å². The van der Waals surface area contributed by atoms with Crippen LogP contribution in [0.4, 0.5) is 0 Å². The third-order valence-electron chi connectivity index (χ3n) is 4.02. The standard InChI is InChI=1S/C15H18ClN5O2/c1-9-14(15(23)18-7-10-6-17-8-13(10)22)19-20-21(9)12-5-3-2-4-11(12)16/h2-5,10,13,17,22H,6-8H2,1H3,(H,18,23). The van der Waals surface area contributed by atoms with Crippen molar-refractivity contribution >= 4 is 17.5 Å². The summed E-state index contributed by atoms with van der Waals surface area (Å²) < 4.78 is 1.54. The number of halogens is 1. The molecule has 0 radical (unpaired) electrons. The van der Waals surface area contributed by atoms with Crippen molar-refractivity contribution in [3.05, 3.63) is 40.7 Å². The minimum atomic E-state index is -0.435. The fourth-order valence-electron chi connectivity index (χ4n) is 2.63. The van der Waals surface area contributed by atoms with Crippen LogP contribution in [-0.4, -0.2) is 51.7 Å². The van der Waals surface area contributed by atoms with E-state index >= 15 is 0 Å². The summed E-state index contributed by atoms with van der Waals surface area (Å²) in [5.41, 5.74) is 1.54. The molecule has 2 unspecified atom stereocenters. The van der Waals surface area contributed by atoms with E-state index in [1.54, 1.807) is 17.7 Å². The number of carbonyl (C=O) groups excluding carboxylic acids is 1. The van der Waals surface area contributed by atoms with E-state index in [9.17, 15) is 9.90 Å². The van der Waals surface area contributed by atoms with Crippen LogP contribution in [0.2, 0.25) is 5.02 Å². The Labute approximate surface area is 138 Å². The Hall–Kier alpha value is -1.96. The van der Waals surface area contributed by atoms with Crippen LogP contribution >= 0.6 is 11.6 Å². The highest BCUT2D eigenvalue weighted by atomic mass is 35.5. The number of benzene rings is 1. The molecule has 0 aliphatic carbocycles. The molecule has 2 heterocycles. The average molecular weight is 336 g/mol. The van der Waals surface area contributed by atoms with Gasteiger partial charge in [-0.05, 0) is 19.1 Å². The van der Waals surface area contributed by atoms with E-state index in [0.717, 1.165) is 0 Å². The first-order valence-electron chi connectivity index (χ1n) is 7.42. The van der Waals surface area contributed by atoms with Crippen molar-refractivity contribution in [1.29, 1.82) is 0 Å². The fourth-order valence-corrected chi connectivity index (χ4v) is 2.84. The van der Waals surface area contributed by atoms with Gasteiger partial charge in [0.25, 0.3) is 5.91 Å². The zero-order valence-corrected chi connectivity index (χ0v) is 13.4. The SMILES string of the molecule is Cc1c(C(=O)NCC2CNCC2O)nnn1-c1ccccc1Cl. The topological polar surface area (TPSA) is 92.1 Å². The van der Waals surface area contributed by atoms with Gasteiger partial charge in [0.2, 0.25) is 0 Å². The van der Waals surface area contributed by atoms with Gasteiger partial charge < -0.3 is 15.7 Å². The van der Waals surface area contributed by atoms with Gasteiger partial charge in [0, 0.05) is 25.6 Å². The molecule has 2 atom stereocenters. The Morgan fingerprint density at radius 2 is 2.26 bits per heavy atom. The number of aromatic nitrogens is 3. The van der Waals surface area contributed by atoms with Crippen LogP contribution in [0.15, 0.2) is 24.3 Å². The number of rotatable bonds is 4. The van der Waals surface area contributed by atoms with E-state index < -0.39 is 6.10 Å². The normalized spacial score (nSPS) is 20.7. The number of hydrogen-bond donors (Lipinski definition) is 3. The van der Waals surface area contributed by atoms with E-state index in [-0.39, 0.29) is 17.5 Å². The molecule has 122 valence electrons. The molecule has 0 spiro atoms. The third kappa shape index (κ3) is 3.21. The van der Waals surface area contributed by atoms with Gasteiger partial charge >= 0.3 is 0 Å². The highest BCUT2D eigenvalue weighted by Crippen LogP contribution is 2.21. The average Bonchev–Trinajstić information content (AvgIpc) is 3.11. The maximum atomic E-state index is 12.3. The van der Waals surface area contributed by atoms with E-state index in [4.69, 9.17) is 11.6 Å². The Balaban J connectivity index is 1.74. The summed E-state index contributed by atoms with van der Waals surface area (Å²) in [6.45, 7) is 3.41. The molecule has 23 heavy (non-hydrogen) atoms. The molecule has 7 nitrogen and oxygen atoms in total. The van der Waals surface area contributed by atoms with Gasteiger partial charge in [0.15, 0.2) is 5.69 Å². The van der Waals surface area contributed by atoms with E-state index in [1.807, 2.05) is 18.2 Å². The third-order valence-corrected chi connectivity index (χ3v) is 4.34. The predicted octanol–water partition coefficient (Wildman–Crippen LogP) is 0.539. The molecule has 0 saturated carbocycles. The lowest BCUT2D eigenvalue weighted by molar-refractivity contribution is 0.0921. The van der Waals surface area contributed by atoms with Crippen molar-refractivity contribution in [2.24, 2.45) is 5.92 Å². The maximum Gasteiger partial charge on any atom is 0.273 e. The van der Waals surface area contributed by atoms with Gasteiger partial charge in [-0.1, -0.05) is 28.9 Å². The molecule has 2 aromatic rings. The molecule has 1 saturated heterocycles. The Bertz CT molecular complexity index is 718. The molecule has 1 aliphatic heterocycles. The van der Waals surface area contributed by atoms with Crippen molar-refractivity contribution in [3.63, 3.8) is 0 Å². The summed E-state index contributed by atoms with van der Waals surface area (Å²) in [5.74, 6) is -0.294. The monoisotopic (exact) mass is 335 g/mol. The van der Waals surface area contributed by atoms with Gasteiger partial charge in [-0.15, -0.1) is 5.10 Å². The summed E-state index contributed by atoms with van der Waals surface area (Å²) in [6, 6.07) is 7.24. The summed E-state index contributed by atoms with van der Waals surface area (Å²) in [7, 11) is 0. The summed E-state index contributed by atoms with van der Waals surface area (Å²) in [5, 5.41) is 24.2. The molecular weight excluding hydrogens is 318 g/mol. The number of aliphatic hydroxyl groups excluding tert-OH is 1. The molecule has 0 bridgehead atoms. The minimum absolute atomic E-state index is 0.0119. The van der Waals surface area contributed by atoms with Crippen molar-refractivity contribution < 1.29 is 9.90 Å². The molecule has 8 heteroatoms. The lowest BCUT2D eigenvalue weighted by Crippen LogP contribution is -2.34. The molecule has 1 amide bonds. The molecule has 1 aliphatic rings. The van der Waals surface area contributed by atoms with Crippen LogP contribution in [0, 0.1) is 12.8 Å².